The summed E-state index contributed by atoms with van der Waals surface area (Å²) in [4.78, 5) is 22.6. The summed E-state index contributed by atoms with van der Waals surface area (Å²) in [6, 6.07) is -0.772. The van der Waals surface area contributed by atoms with Crippen molar-refractivity contribution in [3.05, 3.63) is 24.3 Å². The summed E-state index contributed by atoms with van der Waals surface area (Å²) in [5.74, 6) is -0.169. The van der Waals surface area contributed by atoms with E-state index in [4.69, 9.17) is 14.8 Å². The second kappa shape index (κ2) is 34.8. The quantitative estimate of drug-likeness (QED) is 0.0293. The van der Waals surface area contributed by atoms with Gasteiger partial charge in [-0.15, -0.1) is 0 Å². The van der Waals surface area contributed by atoms with E-state index in [9.17, 15) is 19.4 Å². The van der Waals surface area contributed by atoms with Gasteiger partial charge in [-0.2, -0.15) is 0 Å². The van der Waals surface area contributed by atoms with Crippen molar-refractivity contribution in [3.8, 4) is 0 Å². The summed E-state index contributed by atoms with van der Waals surface area (Å²) in [6.07, 6.45) is 37.6. The van der Waals surface area contributed by atoms with Gasteiger partial charge in [0.2, 0.25) is 5.91 Å². The molecule has 0 bridgehead atoms. The molecule has 0 rings (SSSR count). The Kier molecular flexibility index (Phi) is 34.1. The molecule has 3 unspecified atom stereocenters. The number of aliphatic hydroxyl groups excluding tert-OH is 1. The van der Waals surface area contributed by atoms with Crippen molar-refractivity contribution in [2.45, 2.75) is 193 Å². The van der Waals surface area contributed by atoms with Gasteiger partial charge in [-0.05, 0) is 44.9 Å². The minimum absolute atomic E-state index is 0.0882. The van der Waals surface area contributed by atoms with Gasteiger partial charge in [0.25, 0.3) is 0 Å². The fourth-order valence-electron chi connectivity index (χ4n) is 5.58. The third-order valence-electron chi connectivity index (χ3n) is 8.56. The predicted octanol–water partition coefficient (Wildman–Crippen LogP) is 10.2. The van der Waals surface area contributed by atoms with Gasteiger partial charge in [0.05, 0.1) is 25.4 Å². The predicted molar refractivity (Wildman–Crippen MR) is 198 cm³/mol. The summed E-state index contributed by atoms with van der Waals surface area (Å²) < 4.78 is 22.0. The van der Waals surface area contributed by atoms with Crippen molar-refractivity contribution in [3.63, 3.8) is 0 Å². The van der Waals surface area contributed by atoms with Crippen molar-refractivity contribution in [1.82, 2.24) is 5.32 Å². The largest absolute Gasteiger partial charge is 0.472 e. The fraction of sp³-hybridized carbons (Fsp3) is 0.868. The normalized spacial score (nSPS) is 14.6. The van der Waals surface area contributed by atoms with Gasteiger partial charge >= 0.3 is 7.82 Å². The zero-order chi connectivity index (χ0) is 34.7. The molecule has 1 amide bonds. The van der Waals surface area contributed by atoms with E-state index in [1.165, 1.54) is 109 Å². The van der Waals surface area contributed by atoms with Crippen LogP contribution in [0, 0.1) is 0 Å². The lowest BCUT2D eigenvalue weighted by Crippen LogP contribution is -2.46. The summed E-state index contributed by atoms with van der Waals surface area (Å²) in [7, 11) is -4.30. The molecular weight excluding hydrogens is 611 g/mol. The molecule has 0 aromatic heterocycles. The number of unbranched alkanes of at least 4 members (excludes halogenated alkanes) is 20. The number of amides is 1. The van der Waals surface area contributed by atoms with E-state index in [1.807, 2.05) is 0 Å². The SMILES string of the molecule is CCCCC/C=C\C/C=C\CCCCCCCCCCCC(=O)NC(COP(=O)(O)OCCN)C(O)CCCCCCCCCCC. The van der Waals surface area contributed by atoms with Crippen molar-refractivity contribution >= 4 is 13.7 Å². The van der Waals surface area contributed by atoms with Gasteiger partial charge in [0.15, 0.2) is 0 Å². The molecule has 0 saturated heterocycles. The topological polar surface area (TPSA) is 131 Å². The Morgan fingerprint density at radius 3 is 1.72 bits per heavy atom. The maximum absolute atomic E-state index is 12.7. The molecule has 0 spiro atoms. The van der Waals surface area contributed by atoms with E-state index in [2.05, 4.69) is 43.5 Å². The van der Waals surface area contributed by atoms with Gasteiger partial charge in [0.1, 0.15) is 0 Å². The molecule has 0 aliphatic heterocycles. The molecule has 8 nitrogen and oxygen atoms in total. The third kappa shape index (κ3) is 33.3. The third-order valence-corrected chi connectivity index (χ3v) is 9.54. The van der Waals surface area contributed by atoms with Crippen LogP contribution >= 0.6 is 7.82 Å². The van der Waals surface area contributed by atoms with Crippen LogP contribution in [-0.4, -0.2) is 47.8 Å². The molecule has 9 heteroatoms. The fourth-order valence-corrected chi connectivity index (χ4v) is 6.34. The molecule has 0 saturated carbocycles. The van der Waals surface area contributed by atoms with Gasteiger partial charge in [-0.25, -0.2) is 4.57 Å². The van der Waals surface area contributed by atoms with Crippen molar-refractivity contribution < 1.29 is 28.4 Å². The maximum Gasteiger partial charge on any atom is 0.472 e. The summed E-state index contributed by atoms with van der Waals surface area (Å²) >= 11 is 0. The summed E-state index contributed by atoms with van der Waals surface area (Å²) in [5, 5.41) is 13.7. The number of hydrogen-bond acceptors (Lipinski definition) is 6. The van der Waals surface area contributed by atoms with Gasteiger partial charge in [-0.1, -0.05) is 154 Å². The van der Waals surface area contributed by atoms with Crippen LogP contribution in [0.1, 0.15) is 181 Å². The smallest absolute Gasteiger partial charge is 0.391 e. The second-order valence-electron chi connectivity index (χ2n) is 13.1. The Morgan fingerprint density at radius 2 is 1.17 bits per heavy atom. The molecule has 5 N–H and O–H groups in total. The molecule has 0 aromatic rings. The Hall–Kier alpha value is -1.02. The van der Waals surface area contributed by atoms with E-state index in [1.54, 1.807) is 0 Å². The Bertz CT molecular complexity index is 794. The van der Waals surface area contributed by atoms with Crippen LogP contribution < -0.4 is 11.1 Å². The first-order chi connectivity index (χ1) is 22.9. The van der Waals surface area contributed by atoms with Gasteiger partial charge in [0, 0.05) is 13.0 Å². The zero-order valence-corrected chi connectivity index (χ0v) is 31.4. The first-order valence-electron chi connectivity index (χ1n) is 19.5. The second-order valence-corrected chi connectivity index (χ2v) is 14.6. The molecule has 0 aromatic carbocycles. The van der Waals surface area contributed by atoms with Gasteiger partial charge in [-0.3, -0.25) is 13.8 Å². The van der Waals surface area contributed by atoms with Crippen molar-refractivity contribution in [1.29, 1.82) is 0 Å². The van der Waals surface area contributed by atoms with Crippen LogP contribution in [0.15, 0.2) is 24.3 Å². The number of allylic oxidation sites excluding steroid dienone is 4. The molecule has 3 atom stereocenters. The average molecular weight is 687 g/mol. The molecule has 47 heavy (non-hydrogen) atoms. The lowest BCUT2D eigenvalue weighted by atomic mass is 10.0. The van der Waals surface area contributed by atoms with Crippen molar-refractivity contribution in [2.24, 2.45) is 5.73 Å². The summed E-state index contributed by atoms with van der Waals surface area (Å²) in [6.45, 7) is 4.15. The molecule has 0 radical (unpaired) electrons. The molecular formula is C38H75N2O6P. The van der Waals surface area contributed by atoms with Crippen LogP contribution in [0.25, 0.3) is 0 Å². The average Bonchev–Trinajstić information content (AvgIpc) is 3.05. The van der Waals surface area contributed by atoms with Crippen LogP contribution in [-0.2, 0) is 18.4 Å². The highest BCUT2D eigenvalue weighted by Crippen LogP contribution is 2.43. The Morgan fingerprint density at radius 1 is 0.702 bits per heavy atom. The monoisotopic (exact) mass is 687 g/mol. The van der Waals surface area contributed by atoms with Crippen LogP contribution in [0.2, 0.25) is 0 Å². The Labute approximate surface area is 289 Å². The summed E-state index contributed by atoms with van der Waals surface area (Å²) in [5.41, 5.74) is 5.35. The number of phosphoric ester groups is 1. The zero-order valence-electron chi connectivity index (χ0n) is 30.5. The van der Waals surface area contributed by atoms with Crippen LogP contribution in [0.3, 0.4) is 0 Å². The van der Waals surface area contributed by atoms with E-state index >= 15 is 0 Å². The van der Waals surface area contributed by atoms with E-state index in [0.717, 1.165) is 44.9 Å². The number of hydrogen-bond donors (Lipinski definition) is 4. The molecule has 0 aliphatic carbocycles. The van der Waals surface area contributed by atoms with E-state index < -0.39 is 20.0 Å². The highest BCUT2D eigenvalue weighted by atomic mass is 31.2. The number of nitrogens with two attached hydrogens (primary N) is 1. The first-order valence-corrected chi connectivity index (χ1v) is 20.9. The molecule has 0 aliphatic rings. The van der Waals surface area contributed by atoms with E-state index in [0.29, 0.717) is 12.8 Å². The molecule has 0 heterocycles. The molecule has 278 valence electrons. The van der Waals surface area contributed by atoms with E-state index in [-0.39, 0.29) is 25.7 Å². The number of nitrogens with one attached hydrogen (secondary N) is 1. The number of aliphatic hydroxyl groups is 1. The van der Waals surface area contributed by atoms with Crippen LogP contribution in [0.5, 0.6) is 0 Å². The van der Waals surface area contributed by atoms with Crippen molar-refractivity contribution in [2.75, 3.05) is 19.8 Å². The van der Waals surface area contributed by atoms with Gasteiger partial charge < -0.3 is 21.1 Å². The lowest BCUT2D eigenvalue weighted by molar-refractivity contribution is -0.123. The van der Waals surface area contributed by atoms with Crippen LogP contribution in [0.4, 0.5) is 0 Å². The number of rotatable bonds is 36. The number of carbonyl (C=O) groups excluding carboxylic acids is 1. The standard InChI is InChI=1S/C38H75N2O6P/c1-3-5-7-9-11-13-14-15-16-17-18-19-20-21-22-24-26-28-30-32-38(42)40-36(35-46-47(43,44)45-34-33-39)37(41)31-29-27-25-23-12-10-8-6-4-2/h11,13,15-16,36-37,41H,3-10,12,14,17-35,39H2,1-2H3,(H,40,42)(H,43,44)/b13-11-,16-15-. The minimum atomic E-state index is -4.30. The maximum atomic E-state index is 12.7. The minimum Gasteiger partial charge on any atom is -0.391 e. The number of phosphoric acid groups is 1. The highest BCUT2D eigenvalue weighted by molar-refractivity contribution is 7.47. The molecule has 0 fully saturated rings. The highest BCUT2D eigenvalue weighted by Gasteiger charge is 2.27. The first kappa shape index (κ1) is 46.0. The Balaban J connectivity index is 4.14. The number of carbonyl (C=O) groups is 1. The lowest BCUT2D eigenvalue weighted by Gasteiger charge is -2.25.